The largest absolute Gasteiger partial charge is 0.296 e. The molecule has 2 heterocycles. The van der Waals surface area contributed by atoms with Crippen LogP contribution in [0, 0.1) is 0 Å². The molecule has 0 N–H and O–H groups in total. The SMILES string of the molecule is CCCCN1CCCC[C@H]1c1ccc(Br)nc1. The van der Waals surface area contributed by atoms with Gasteiger partial charge in [0, 0.05) is 12.2 Å². The van der Waals surface area contributed by atoms with Crippen LogP contribution in [0.2, 0.25) is 0 Å². The molecule has 1 fully saturated rings. The minimum Gasteiger partial charge on any atom is -0.296 e. The molecule has 0 aromatic carbocycles. The first-order valence-electron chi connectivity index (χ1n) is 6.66. The minimum atomic E-state index is 0.593. The average molecular weight is 297 g/mol. The molecule has 2 rings (SSSR count). The third-order valence-corrected chi connectivity index (χ3v) is 4.02. The van der Waals surface area contributed by atoms with Crippen molar-refractivity contribution < 1.29 is 0 Å². The van der Waals surface area contributed by atoms with E-state index in [4.69, 9.17) is 0 Å². The normalized spacial score (nSPS) is 21.6. The second-order valence-electron chi connectivity index (χ2n) is 4.82. The molecule has 1 aliphatic heterocycles. The summed E-state index contributed by atoms with van der Waals surface area (Å²) in [5.74, 6) is 0. The van der Waals surface area contributed by atoms with Gasteiger partial charge < -0.3 is 0 Å². The zero-order valence-corrected chi connectivity index (χ0v) is 12.1. The average Bonchev–Trinajstić information content (AvgIpc) is 2.38. The Morgan fingerprint density at radius 2 is 2.29 bits per heavy atom. The Hall–Kier alpha value is -0.410. The van der Waals surface area contributed by atoms with E-state index in [1.807, 2.05) is 6.20 Å². The van der Waals surface area contributed by atoms with Crippen molar-refractivity contribution in [3.05, 3.63) is 28.5 Å². The van der Waals surface area contributed by atoms with Crippen LogP contribution >= 0.6 is 15.9 Å². The Morgan fingerprint density at radius 3 is 3.00 bits per heavy atom. The number of nitrogens with zero attached hydrogens (tertiary/aromatic N) is 2. The van der Waals surface area contributed by atoms with Crippen molar-refractivity contribution in [3.8, 4) is 0 Å². The molecule has 17 heavy (non-hydrogen) atoms. The summed E-state index contributed by atoms with van der Waals surface area (Å²) in [6.45, 7) is 4.75. The summed E-state index contributed by atoms with van der Waals surface area (Å²) in [7, 11) is 0. The molecule has 94 valence electrons. The number of unbranched alkanes of at least 4 members (excludes halogenated alkanes) is 1. The zero-order valence-electron chi connectivity index (χ0n) is 10.5. The molecule has 1 saturated heterocycles. The van der Waals surface area contributed by atoms with Crippen molar-refractivity contribution in [2.75, 3.05) is 13.1 Å². The highest BCUT2D eigenvalue weighted by atomic mass is 79.9. The molecule has 1 aromatic rings. The molecule has 0 radical (unpaired) electrons. The van der Waals surface area contributed by atoms with Crippen LogP contribution in [0.5, 0.6) is 0 Å². The van der Waals surface area contributed by atoms with E-state index >= 15 is 0 Å². The van der Waals surface area contributed by atoms with E-state index in [0.29, 0.717) is 6.04 Å². The summed E-state index contributed by atoms with van der Waals surface area (Å²) >= 11 is 3.40. The minimum absolute atomic E-state index is 0.593. The van der Waals surface area contributed by atoms with Crippen molar-refractivity contribution in [2.45, 2.75) is 45.1 Å². The van der Waals surface area contributed by atoms with E-state index in [1.54, 1.807) is 0 Å². The number of likely N-dealkylation sites (tertiary alicyclic amines) is 1. The van der Waals surface area contributed by atoms with Gasteiger partial charge in [-0.3, -0.25) is 4.90 Å². The van der Waals surface area contributed by atoms with Crippen LogP contribution in [-0.4, -0.2) is 23.0 Å². The standard InChI is InChI=1S/C14H21BrN2/c1-2-3-9-17-10-5-4-6-13(17)12-7-8-14(15)16-11-12/h7-8,11,13H,2-6,9-10H2,1H3/t13-/m0/s1. The highest BCUT2D eigenvalue weighted by Crippen LogP contribution is 2.30. The molecule has 0 aliphatic carbocycles. The number of halogens is 1. The van der Waals surface area contributed by atoms with Crippen LogP contribution in [0.15, 0.2) is 22.9 Å². The highest BCUT2D eigenvalue weighted by molar-refractivity contribution is 9.10. The predicted octanol–water partition coefficient (Wildman–Crippen LogP) is 4.17. The number of rotatable bonds is 4. The van der Waals surface area contributed by atoms with Gasteiger partial charge in [0.1, 0.15) is 4.60 Å². The molecule has 0 saturated carbocycles. The molecular weight excluding hydrogens is 276 g/mol. The first-order valence-corrected chi connectivity index (χ1v) is 7.46. The van der Waals surface area contributed by atoms with E-state index in [9.17, 15) is 0 Å². The summed E-state index contributed by atoms with van der Waals surface area (Å²) in [6, 6.07) is 4.87. The smallest absolute Gasteiger partial charge is 0.106 e. The Labute approximate surface area is 113 Å². The lowest BCUT2D eigenvalue weighted by Crippen LogP contribution is -2.34. The van der Waals surface area contributed by atoms with E-state index < -0.39 is 0 Å². The van der Waals surface area contributed by atoms with Crippen LogP contribution in [0.25, 0.3) is 0 Å². The Morgan fingerprint density at radius 1 is 1.41 bits per heavy atom. The molecule has 0 amide bonds. The fraction of sp³-hybridized carbons (Fsp3) is 0.643. The van der Waals surface area contributed by atoms with Gasteiger partial charge in [-0.15, -0.1) is 0 Å². The number of pyridine rings is 1. The zero-order chi connectivity index (χ0) is 12.1. The van der Waals surface area contributed by atoms with Gasteiger partial charge in [-0.05, 0) is 59.9 Å². The Kier molecular flexibility index (Phi) is 4.99. The van der Waals surface area contributed by atoms with Crippen molar-refractivity contribution in [1.82, 2.24) is 9.88 Å². The van der Waals surface area contributed by atoms with E-state index in [0.717, 1.165) is 4.60 Å². The predicted molar refractivity (Wildman–Crippen MR) is 75.0 cm³/mol. The third-order valence-electron chi connectivity index (χ3n) is 3.55. The summed E-state index contributed by atoms with van der Waals surface area (Å²) in [5, 5.41) is 0. The first kappa shape index (κ1) is 13.0. The summed E-state index contributed by atoms with van der Waals surface area (Å²) in [5.41, 5.74) is 1.38. The van der Waals surface area contributed by atoms with Crippen LogP contribution in [0.3, 0.4) is 0 Å². The number of aromatic nitrogens is 1. The van der Waals surface area contributed by atoms with Gasteiger partial charge in [0.25, 0.3) is 0 Å². The van der Waals surface area contributed by atoms with E-state index in [-0.39, 0.29) is 0 Å². The van der Waals surface area contributed by atoms with Crippen LogP contribution < -0.4 is 0 Å². The van der Waals surface area contributed by atoms with Crippen LogP contribution in [-0.2, 0) is 0 Å². The molecule has 3 heteroatoms. The third kappa shape index (κ3) is 3.52. The Bertz CT molecular complexity index is 337. The van der Waals surface area contributed by atoms with E-state index in [2.05, 4.69) is 44.9 Å². The molecule has 0 bridgehead atoms. The maximum Gasteiger partial charge on any atom is 0.106 e. The Balaban J connectivity index is 2.07. The van der Waals surface area contributed by atoms with Gasteiger partial charge in [-0.1, -0.05) is 25.8 Å². The van der Waals surface area contributed by atoms with Gasteiger partial charge in [-0.25, -0.2) is 4.98 Å². The highest BCUT2D eigenvalue weighted by Gasteiger charge is 2.23. The molecule has 1 atom stereocenters. The molecule has 0 unspecified atom stereocenters. The second kappa shape index (κ2) is 6.50. The van der Waals surface area contributed by atoms with Crippen LogP contribution in [0.1, 0.15) is 50.6 Å². The quantitative estimate of drug-likeness (QED) is 0.775. The fourth-order valence-electron chi connectivity index (χ4n) is 2.58. The molecule has 0 spiro atoms. The maximum absolute atomic E-state index is 4.36. The van der Waals surface area contributed by atoms with Gasteiger partial charge in [0.2, 0.25) is 0 Å². The van der Waals surface area contributed by atoms with Crippen molar-refractivity contribution in [2.24, 2.45) is 0 Å². The number of piperidine rings is 1. The van der Waals surface area contributed by atoms with Crippen LogP contribution in [0.4, 0.5) is 0 Å². The first-order chi connectivity index (χ1) is 8.31. The fourth-order valence-corrected chi connectivity index (χ4v) is 2.82. The lowest BCUT2D eigenvalue weighted by molar-refractivity contribution is 0.146. The monoisotopic (exact) mass is 296 g/mol. The van der Waals surface area contributed by atoms with Gasteiger partial charge in [0.05, 0.1) is 0 Å². The number of hydrogen-bond donors (Lipinski definition) is 0. The van der Waals surface area contributed by atoms with Gasteiger partial charge in [0.15, 0.2) is 0 Å². The summed E-state index contributed by atoms with van der Waals surface area (Å²) < 4.78 is 0.928. The lowest BCUT2D eigenvalue weighted by Gasteiger charge is -2.35. The van der Waals surface area contributed by atoms with Crippen molar-refractivity contribution >= 4 is 15.9 Å². The number of hydrogen-bond acceptors (Lipinski definition) is 2. The second-order valence-corrected chi connectivity index (χ2v) is 5.63. The maximum atomic E-state index is 4.36. The topological polar surface area (TPSA) is 16.1 Å². The molecule has 1 aromatic heterocycles. The lowest BCUT2D eigenvalue weighted by atomic mass is 9.96. The van der Waals surface area contributed by atoms with Gasteiger partial charge in [-0.2, -0.15) is 0 Å². The molecular formula is C14H21BrN2. The van der Waals surface area contributed by atoms with Crippen molar-refractivity contribution in [3.63, 3.8) is 0 Å². The molecule has 2 nitrogen and oxygen atoms in total. The summed E-state index contributed by atoms with van der Waals surface area (Å²) in [6.07, 6.45) is 8.60. The molecule has 1 aliphatic rings. The van der Waals surface area contributed by atoms with Gasteiger partial charge >= 0.3 is 0 Å². The van der Waals surface area contributed by atoms with E-state index in [1.165, 1.54) is 50.8 Å². The van der Waals surface area contributed by atoms with Crippen molar-refractivity contribution in [1.29, 1.82) is 0 Å². The summed E-state index contributed by atoms with van der Waals surface area (Å²) in [4.78, 5) is 7.00.